The van der Waals surface area contributed by atoms with Crippen molar-refractivity contribution in [2.45, 2.75) is 19.9 Å². The third-order valence-corrected chi connectivity index (χ3v) is 0.960. The molecule has 0 heterocycles. The van der Waals surface area contributed by atoms with Crippen LogP contribution in [-0.2, 0) is 11.3 Å². The van der Waals surface area contributed by atoms with E-state index in [9.17, 15) is 9.00 Å². The molecule has 2 amide bonds. The molecule has 0 aromatic rings. The summed E-state index contributed by atoms with van der Waals surface area (Å²) in [7, 11) is 0. The number of hydrogen-bond donors (Lipinski definition) is 3. The first kappa shape index (κ1) is 9.38. The number of hydrogen-bond acceptors (Lipinski definition) is 2. The number of urea groups is 1. The van der Waals surface area contributed by atoms with Crippen molar-refractivity contribution >= 4 is 17.3 Å². The smallest absolute Gasteiger partial charge is 0.328 e. The normalized spacial score (nSPS) is 12.8. The van der Waals surface area contributed by atoms with Crippen molar-refractivity contribution in [1.82, 2.24) is 10.0 Å². The van der Waals surface area contributed by atoms with Crippen molar-refractivity contribution in [2.24, 2.45) is 0 Å². The minimum absolute atomic E-state index is 0.0384. The third-order valence-electron chi connectivity index (χ3n) is 0.600. The van der Waals surface area contributed by atoms with Gasteiger partial charge in [-0.15, -0.1) is 0 Å². The Hall–Kier alpha value is -0.620. The molecule has 0 saturated heterocycles. The van der Waals surface area contributed by atoms with Gasteiger partial charge in [0.2, 0.25) is 0 Å². The predicted octanol–water partition coefficient (Wildman–Crippen LogP) is -0.169. The second-order valence-electron chi connectivity index (χ2n) is 1.98. The summed E-state index contributed by atoms with van der Waals surface area (Å²) in [6, 6.07) is -0.681. The van der Waals surface area contributed by atoms with Crippen LogP contribution in [0.5, 0.6) is 0 Å². The van der Waals surface area contributed by atoms with E-state index in [1.165, 1.54) is 0 Å². The second-order valence-corrected chi connectivity index (χ2v) is 2.68. The first-order valence-electron chi connectivity index (χ1n) is 2.70. The van der Waals surface area contributed by atoms with Gasteiger partial charge < -0.3 is 5.32 Å². The van der Waals surface area contributed by atoms with Gasteiger partial charge in [0.1, 0.15) is 0 Å². The van der Waals surface area contributed by atoms with Crippen molar-refractivity contribution in [2.75, 3.05) is 0 Å². The van der Waals surface area contributed by atoms with Gasteiger partial charge in [0.25, 0.3) is 11.3 Å². The van der Waals surface area contributed by atoms with Gasteiger partial charge in [-0.3, -0.25) is 4.55 Å². The van der Waals surface area contributed by atoms with Gasteiger partial charge in [0.05, 0.1) is 0 Å². The van der Waals surface area contributed by atoms with Gasteiger partial charge in [-0.1, -0.05) is 0 Å². The Morgan fingerprint density at radius 3 is 2.40 bits per heavy atom. The fourth-order valence-electron chi connectivity index (χ4n) is 0.371. The van der Waals surface area contributed by atoms with Crippen LogP contribution in [0, 0.1) is 0 Å². The molecule has 60 valence electrons. The van der Waals surface area contributed by atoms with Gasteiger partial charge in [-0.2, -0.15) is 0 Å². The molecule has 0 fully saturated rings. The first-order chi connectivity index (χ1) is 4.52. The summed E-state index contributed by atoms with van der Waals surface area (Å²) in [5.41, 5.74) is 0. The summed E-state index contributed by atoms with van der Waals surface area (Å²) in [5, 5.41) is 2.37. The molecule has 0 aliphatic rings. The van der Waals surface area contributed by atoms with E-state index < -0.39 is 17.3 Å². The van der Waals surface area contributed by atoms with E-state index in [1.807, 2.05) is 0 Å². The quantitative estimate of drug-likeness (QED) is 0.498. The highest BCUT2D eigenvalue weighted by Crippen LogP contribution is 1.75. The topological polar surface area (TPSA) is 78.4 Å². The van der Waals surface area contributed by atoms with Crippen LogP contribution in [0.2, 0.25) is 0 Å². The summed E-state index contributed by atoms with van der Waals surface area (Å²) in [4.78, 5) is 10.5. The molecule has 0 saturated carbocycles. The number of carbonyl (C=O) groups excluding carboxylic acids is 1. The van der Waals surface area contributed by atoms with Gasteiger partial charge in [0.15, 0.2) is 0 Å². The van der Waals surface area contributed by atoms with Crippen LogP contribution in [0.4, 0.5) is 4.79 Å². The Balaban J connectivity index is 3.54. The fourth-order valence-corrected chi connectivity index (χ4v) is 0.588. The molecule has 6 heteroatoms. The molecule has 0 bridgehead atoms. The molecule has 1 atom stereocenters. The summed E-state index contributed by atoms with van der Waals surface area (Å²) in [6.45, 7) is 3.50. The van der Waals surface area contributed by atoms with Crippen LogP contribution in [0.15, 0.2) is 0 Å². The van der Waals surface area contributed by atoms with Gasteiger partial charge in [-0.25, -0.2) is 13.7 Å². The number of rotatable bonds is 2. The highest BCUT2D eigenvalue weighted by Gasteiger charge is 2.02. The van der Waals surface area contributed by atoms with E-state index in [-0.39, 0.29) is 6.04 Å². The van der Waals surface area contributed by atoms with Gasteiger partial charge in [0, 0.05) is 6.04 Å². The molecular weight excluding hydrogens is 156 g/mol. The second kappa shape index (κ2) is 4.24. The standard InChI is InChI=1S/C4H10N2O3S/c1-3(2)5-4(7)6-10(8)9/h3H,1-2H3,(H,8,9)(H2,5,6,7). The number of amides is 2. The van der Waals surface area contributed by atoms with Crippen molar-refractivity contribution < 1.29 is 13.6 Å². The van der Waals surface area contributed by atoms with E-state index in [1.54, 1.807) is 18.6 Å². The molecule has 0 radical (unpaired) electrons. The molecule has 10 heavy (non-hydrogen) atoms. The maximum absolute atomic E-state index is 10.5. The Bertz CT molecular complexity index is 147. The lowest BCUT2D eigenvalue weighted by Gasteiger charge is -2.06. The lowest BCUT2D eigenvalue weighted by atomic mass is 10.4. The molecule has 3 N–H and O–H groups in total. The molecular formula is C4H10N2O3S. The molecule has 0 rings (SSSR count). The van der Waals surface area contributed by atoms with Crippen LogP contribution in [0.3, 0.4) is 0 Å². The number of carbonyl (C=O) groups is 1. The maximum Gasteiger partial charge on any atom is 0.328 e. The highest BCUT2D eigenvalue weighted by atomic mass is 32.2. The Kier molecular flexibility index (Phi) is 3.97. The SMILES string of the molecule is CC(C)NC(=O)NS(=O)O. The summed E-state index contributed by atoms with van der Waals surface area (Å²) < 4.78 is 19.8. The van der Waals surface area contributed by atoms with Crippen LogP contribution in [0.1, 0.15) is 13.8 Å². The van der Waals surface area contributed by atoms with Crippen molar-refractivity contribution in [3.63, 3.8) is 0 Å². The van der Waals surface area contributed by atoms with E-state index in [2.05, 4.69) is 5.32 Å². The Morgan fingerprint density at radius 1 is 1.60 bits per heavy atom. The minimum Gasteiger partial charge on any atom is -0.335 e. The fraction of sp³-hybridized carbons (Fsp3) is 0.750. The average Bonchev–Trinajstić information content (AvgIpc) is 1.58. The maximum atomic E-state index is 10.5. The largest absolute Gasteiger partial charge is 0.335 e. The Morgan fingerprint density at radius 2 is 2.10 bits per heavy atom. The van der Waals surface area contributed by atoms with Crippen molar-refractivity contribution in [3.05, 3.63) is 0 Å². The molecule has 0 aromatic heterocycles. The van der Waals surface area contributed by atoms with Crippen LogP contribution < -0.4 is 10.0 Å². The van der Waals surface area contributed by atoms with Crippen molar-refractivity contribution in [1.29, 1.82) is 0 Å². The summed E-state index contributed by atoms with van der Waals surface area (Å²) >= 11 is -2.27. The average molecular weight is 166 g/mol. The van der Waals surface area contributed by atoms with E-state index >= 15 is 0 Å². The molecule has 5 nitrogen and oxygen atoms in total. The molecule has 0 spiro atoms. The van der Waals surface area contributed by atoms with E-state index in [0.717, 1.165) is 0 Å². The van der Waals surface area contributed by atoms with Crippen LogP contribution in [-0.4, -0.2) is 20.8 Å². The summed E-state index contributed by atoms with van der Waals surface area (Å²) in [6.07, 6.45) is 0. The molecule has 0 aliphatic carbocycles. The zero-order chi connectivity index (χ0) is 8.15. The number of nitrogens with one attached hydrogen (secondary N) is 2. The summed E-state index contributed by atoms with van der Waals surface area (Å²) in [5.74, 6) is 0. The highest BCUT2D eigenvalue weighted by molar-refractivity contribution is 7.77. The van der Waals surface area contributed by atoms with Gasteiger partial charge in [-0.05, 0) is 13.8 Å². The van der Waals surface area contributed by atoms with Crippen LogP contribution in [0.25, 0.3) is 0 Å². The van der Waals surface area contributed by atoms with Crippen LogP contribution >= 0.6 is 0 Å². The van der Waals surface area contributed by atoms with Gasteiger partial charge >= 0.3 is 6.03 Å². The zero-order valence-corrected chi connectivity index (χ0v) is 6.57. The first-order valence-corrected chi connectivity index (χ1v) is 3.81. The lowest BCUT2D eigenvalue weighted by molar-refractivity contribution is 0.243. The monoisotopic (exact) mass is 166 g/mol. The minimum atomic E-state index is -2.27. The zero-order valence-electron chi connectivity index (χ0n) is 5.75. The molecule has 1 unspecified atom stereocenters. The van der Waals surface area contributed by atoms with E-state index in [4.69, 9.17) is 4.55 Å². The molecule has 0 aromatic carbocycles. The third kappa shape index (κ3) is 5.52. The lowest BCUT2D eigenvalue weighted by Crippen LogP contribution is -2.39. The van der Waals surface area contributed by atoms with Crippen molar-refractivity contribution in [3.8, 4) is 0 Å². The van der Waals surface area contributed by atoms with E-state index in [0.29, 0.717) is 0 Å². The Labute approximate surface area is 61.6 Å². The molecule has 0 aliphatic heterocycles. The predicted molar refractivity (Wildman–Crippen MR) is 37.6 cm³/mol.